The zero-order valence-corrected chi connectivity index (χ0v) is 30.3. The summed E-state index contributed by atoms with van der Waals surface area (Å²) < 4.78 is 52.0. The topological polar surface area (TPSA) is 58.6 Å². The number of halogens is 2. The summed E-state index contributed by atoms with van der Waals surface area (Å²) in [4.78, 5) is 2.22. The number of ether oxygens (including phenoxy) is 6. The van der Waals surface area contributed by atoms with E-state index in [0.717, 1.165) is 113 Å². The first-order valence-corrected chi connectivity index (χ1v) is 18.5. The third kappa shape index (κ3) is 7.95. The van der Waals surface area contributed by atoms with Gasteiger partial charge in [-0.2, -0.15) is 0 Å². The maximum atomic E-state index is 13.3. The summed E-state index contributed by atoms with van der Waals surface area (Å²) in [7, 11) is 0. The van der Waals surface area contributed by atoms with Gasteiger partial charge in [-0.1, -0.05) is 28.1 Å². The first kappa shape index (κ1) is 34.3. The highest BCUT2D eigenvalue weighted by Gasteiger charge is 2.36. The molecule has 0 amide bonds. The SMILES string of the molecule is CC1=C(c2cc(Br)cc(OC3CCCCO3)c2)[C@H](c2ccc(OC(C)(C)N3CC[C@@H](CF)C3)cc2)Oc2ccc(OC3CCCCO3)cc21. The van der Waals surface area contributed by atoms with Crippen molar-refractivity contribution >= 4 is 27.1 Å². The Morgan fingerprint density at radius 2 is 1.53 bits per heavy atom. The van der Waals surface area contributed by atoms with Crippen molar-refractivity contribution in [3.63, 3.8) is 0 Å². The van der Waals surface area contributed by atoms with Crippen LogP contribution in [0.2, 0.25) is 0 Å². The van der Waals surface area contributed by atoms with Crippen LogP contribution in [0.4, 0.5) is 4.39 Å². The molecule has 0 aromatic heterocycles. The zero-order valence-electron chi connectivity index (χ0n) is 28.7. The molecule has 7 nitrogen and oxygen atoms in total. The van der Waals surface area contributed by atoms with Crippen LogP contribution < -0.4 is 18.9 Å². The number of rotatable bonds is 10. The average Bonchev–Trinajstić information content (AvgIpc) is 3.60. The smallest absolute Gasteiger partial charge is 0.199 e. The molecule has 3 saturated heterocycles. The molecule has 0 aliphatic carbocycles. The molecule has 7 rings (SSSR count). The van der Waals surface area contributed by atoms with E-state index < -0.39 is 5.72 Å². The molecule has 0 radical (unpaired) electrons. The molecule has 0 spiro atoms. The van der Waals surface area contributed by atoms with Crippen LogP contribution in [0.1, 0.15) is 88.5 Å². The Morgan fingerprint density at radius 3 is 2.18 bits per heavy atom. The Bertz CT molecular complexity index is 1630. The zero-order chi connectivity index (χ0) is 34.0. The minimum absolute atomic E-state index is 0.0763. The normalized spacial score (nSPS) is 24.7. The van der Waals surface area contributed by atoms with Crippen LogP contribution in [0.5, 0.6) is 23.0 Å². The molecule has 9 heteroatoms. The van der Waals surface area contributed by atoms with E-state index in [2.05, 4.69) is 71.9 Å². The van der Waals surface area contributed by atoms with E-state index in [0.29, 0.717) is 13.2 Å². The predicted molar refractivity (Wildman–Crippen MR) is 192 cm³/mol. The summed E-state index contributed by atoms with van der Waals surface area (Å²) in [5.74, 6) is 3.14. The number of allylic oxidation sites excluding steroid dienone is 1. The van der Waals surface area contributed by atoms with E-state index in [-0.39, 0.29) is 31.3 Å². The van der Waals surface area contributed by atoms with E-state index in [1.807, 2.05) is 30.3 Å². The van der Waals surface area contributed by atoms with Crippen molar-refractivity contribution in [3.05, 3.63) is 81.8 Å². The van der Waals surface area contributed by atoms with Gasteiger partial charge < -0.3 is 28.4 Å². The minimum Gasteiger partial charge on any atom is -0.480 e. The number of hydrogen-bond acceptors (Lipinski definition) is 7. The molecular weight excluding hydrogens is 689 g/mol. The molecular formula is C40H47BrFNO6. The molecule has 4 aliphatic heterocycles. The molecule has 4 atom stereocenters. The van der Waals surface area contributed by atoms with Crippen LogP contribution in [-0.4, -0.2) is 56.2 Å². The highest BCUT2D eigenvalue weighted by molar-refractivity contribution is 9.10. The summed E-state index contributed by atoms with van der Waals surface area (Å²) in [5, 5.41) is 0. The molecule has 0 N–H and O–H groups in total. The Morgan fingerprint density at radius 1 is 0.837 bits per heavy atom. The number of likely N-dealkylation sites (tertiary alicyclic amines) is 1. The van der Waals surface area contributed by atoms with Gasteiger partial charge in [-0.05, 0) is 118 Å². The Kier molecular flexibility index (Phi) is 10.5. The first-order chi connectivity index (χ1) is 23.8. The van der Waals surface area contributed by atoms with Gasteiger partial charge in [0.05, 0.1) is 19.9 Å². The van der Waals surface area contributed by atoms with Crippen molar-refractivity contribution in [1.29, 1.82) is 0 Å². The van der Waals surface area contributed by atoms with E-state index in [4.69, 9.17) is 28.4 Å². The molecule has 49 heavy (non-hydrogen) atoms. The van der Waals surface area contributed by atoms with Gasteiger partial charge in [0.25, 0.3) is 0 Å². The predicted octanol–water partition coefficient (Wildman–Crippen LogP) is 9.73. The van der Waals surface area contributed by atoms with Crippen molar-refractivity contribution in [3.8, 4) is 23.0 Å². The summed E-state index contributed by atoms with van der Waals surface area (Å²) in [5.41, 5.74) is 4.56. The lowest BCUT2D eigenvalue weighted by Gasteiger charge is -2.36. The van der Waals surface area contributed by atoms with E-state index in [1.165, 1.54) is 0 Å². The molecule has 2 unspecified atom stereocenters. The number of nitrogens with zero attached hydrogens (tertiary/aromatic N) is 1. The fraction of sp³-hybridized carbons (Fsp3) is 0.500. The second-order valence-corrected chi connectivity index (χ2v) is 15.0. The number of hydrogen-bond donors (Lipinski definition) is 0. The van der Waals surface area contributed by atoms with Crippen LogP contribution in [-0.2, 0) is 9.47 Å². The van der Waals surface area contributed by atoms with Gasteiger partial charge in [-0.15, -0.1) is 0 Å². The second kappa shape index (κ2) is 15.0. The fourth-order valence-corrected chi connectivity index (χ4v) is 7.79. The molecule has 4 aliphatic rings. The van der Waals surface area contributed by atoms with Crippen molar-refractivity contribution in [2.75, 3.05) is 33.0 Å². The first-order valence-electron chi connectivity index (χ1n) is 17.7. The summed E-state index contributed by atoms with van der Waals surface area (Å²) in [6, 6.07) is 20.4. The Labute approximate surface area is 297 Å². The fourth-order valence-electron chi connectivity index (χ4n) is 7.32. The largest absolute Gasteiger partial charge is 0.480 e. The molecule has 0 bridgehead atoms. The molecule has 3 aromatic carbocycles. The Hall–Kier alpha value is -3.11. The highest BCUT2D eigenvalue weighted by Crippen LogP contribution is 2.49. The molecule has 4 heterocycles. The number of benzene rings is 3. The molecule has 262 valence electrons. The average molecular weight is 737 g/mol. The summed E-state index contributed by atoms with van der Waals surface area (Å²) in [6.45, 7) is 8.94. The monoisotopic (exact) mass is 735 g/mol. The van der Waals surface area contributed by atoms with Crippen molar-refractivity contribution < 1.29 is 32.8 Å². The lowest BCUT2D eigenvalue weighted by atomic mass is 9.86. The molecule has 3 aromatic rings. The molecule has 3 fully saturated rings. The van der Waals surface area contributed by atoms with E-state index in [1.54, 1.807) is 0 Å². The standard InChI is InChI=1S/C40H47BrFNO6/c1-26-34-23-32(46-36-8-4-6-18-44-36)14-15-35(34)48-39(38(26)29-20-30(41)22-33(21-29)47-37-9-5-7-19-45-37)28-10-12-31(13-11-28)49-40(2,3)43-17-16-27(24-42)25-43/h10-15,20-23,27,36-37,39H,4-9,16-19,24-25H2,1-3H3/t27-,36?,37?,39-/m0/s1. The van der Waals surface area contributed by atoms with Crippen LogP contribution in [0.3, 0.4) is 0 Å². The maximum Gasteiger partial charge on any atom is 0.199 e. The van der Waals surface area contributed by atoms with E-state index >= 15 is 0 Å². The molecule has 0 saturated carbocycles. The quantitative estimate of drug-likeness (QED) is 0.206. The van der Waals surface area contributed by atoms with Gasteiger partial charge in [0.2, 0.25) is 0 Å². The summed E-state index contributed by atoms with van der Waals surface area (Å²) in [6.07, 6.45) is 6.05. The van der Waals surface area contributed by atoms with Gasteiger partial charge in [-0.3, -0.25) is 9.29 Å². The number of fused-ring (bicyclic) bond motifs is 1. The number of alkyl halides is 1. The van der Waals surface area contributed by atoms with Crippen LogP contribution in [0, 0.1) is 5.92 Å². The van der Waals surface area contributed by atoms with Crippen LogP contribution in [0.15, 0.2) is 65.1 Å². The van der Waals surface area contributed by atoms with Gasteiger partial charge in [0.1, 0.15) is 29.1 Å². The second-order valence-electron chi connectivity index (χ2n) is 14.1. The van der Waals surface area contributed by atoms with Crippen molar-refractivity contribution in [1.82, 2.24) is 4.90 Å². The van der Waals surface area contributed by atoms with Gasteiger partial charge in [0, 0.05) is 47.5 Å². The maximum absolute atomic E-state index is 13.3. The summed E-state index contributed by atoms with van der Waals surface area (Å²) >= 11 is 3.75. The van der Waals surface area contributed by atoms with Gasteiger partial charge in [-0.25, -0.2) is 0 Å². The van der Waals surface area contributed by atoms with Crippen LogP contribution >= 0.6 is 15.9 Å². The van der Waals surface area contributed by atoms with Crippen LogP contribution in [0.25, 0.3) is 11.1 Å². The van der Waals surface area contributed by atoms with Crippen molar-refractivity contribution in [2.45, 2.75) is 90.1 Å². The highest BCUT2D eigenvalue weighted by atomic mass is 79.9. The van der Waals surface area contributed by atoms with Gasteiger partial charge in [0.15, 0.2) is 18.3 Å². The minimum atomic E-state index is -0.551. The van der Waals surface area contributed by atoms with Crippen molar-refractivity contribution in [2.24, 2.45) is 5.92 Å². The van der Waals surface area contributed by atoms with Gasteiger partial charge >= 0.3 is 0 Å². The third-order valence-corrected chi connectivity index (χ3v) is 10.5. The lowest BCUT2D eigenvalue weighted by Crippen LogP contribution is -2.47. The third-order valence-electron chi connectivity index (χ3n) is 10.1. The van der Waals surface area contributed by atoms with E-state index in [9.17, 15) is 4.39 Å². The lowest BCUT2D eigenvalue weighted by molar-refractivity contribution is -0.106. The Balaban J connectivity index is 1.21.